The molecule has 0 aliphatic rings. The fourth-order valence-electron chi connectivity index (χ4n) is 2.23. The summed E-state index contributed by atoms with van der Waals surface area (Å²) < 4.78 is 0. The van der Waals surface area contributed by atoms with Crippen molar-refractivity contribution in [3.05, 3.63) is 58.9 Å². The Morgan fingerprint density at radius 3 is 2.80 bits per heavy atom. The number of anilines is 1. The quantitative estimate of drug-likeness (QED) is 0.828. The molecule has 4 heteroatoms. The number of rotatable bonds is 5. The Morgan fingerprint density at radius 1 is 1.30 bits per heavy atom. The van der Waals surface area contributed by atoms with Gasteiger partial charge in [0.25, 0.3) is 0 Å². The summed E-state index contributed by atoms with van der Waals surface area (Å²) in [7, 11) is 0. The summed E-state index contributed by atoms with van der Waals surface area (Å²) in [5.41, 5.74) is 11.1. The van der Waals surface area contributed by atoms with E-state index in [0.717, 1.165) is 28.9 Å². The van der Waals surface area contributed by atoms with E-state index < -0.39 is 0 Å². The number of hydrogen-bond acceptors (Lipinski definition) is 3. The maximum Gasteiger partial charge on any atom is 0.106 e. The van der Waals surface area contributed by atoms with E-state index in [-0.39, 0.29) is 0 Å². The molecule has 1 heterocycles. The first-order chi connectivity index (χ1) is 9.63. The highest BCUT2D eigenvalue weighted by atomic mass is 32.1. The molecule has 0 bridgehead atoms. The molecular formula is C16H19N3S. The zero-order valence-corrected chi connectivity index (χ0v) is 12.6. The van der Waals surface area contributed by atoms with Gasteiger partial charge in [0.1, 0.15) is 4.99 Å². The summed E-state index contributed by atoms with van der Waals surface area (Å²) in [6, 6.07) is 10.0. The highest BCUT2D eigenvalue weighted by Gasteiger charge is 2.09. The first kappa shape index (κ1) is 14.5. The van der Waals surface area contributed by atoms with Gasteiger partial charge >= 0.3 is 0 Å². The monoisotopic (exact) mass is 285 g/mol. The summed E-state index contributed by atoms with van der Waals surface area (Å²) in [6.07, 6.45) is 2.79. The first-order valence-electron chi connectivity index (χ1n) is 6.69. The molecule has 20 heavy (non-hydrogen) atoms. The molecule has 0 atom stereocenters. The van der Waals surface area contributed by atoms with Gasteiger partial charge in [-0.1, -0.05) is 37.3 Å². The van der Waals surface area contributed by atoms with Gasteiger partial charge in [0.2, 0.25) is 0 Å². The van der Waals surface area contributed by atoms with Crippen molar-refractivity contribution in [2.45, 2.75) is 26.8 Å². The lowest BCUT2D eigenvalue weighted by Gasteiger charge is -2.15. The highest BCUT2D eigenvalue weighted by molar-refractivity contribution is 7.80. The molecule has 3 N–H and O–H groups in total. The Bertz CT molecular complexity index is 623. The van der Waals surface area contributed by atoms with E-state index in [4.69, 9.17) is 18.0 Å². The van der Waals surface area contributed by atoms with E-state index in [1.807, 2.05) is 37.4 Å². The molecule has 0 unspecified atom stereocenters. The molecule has 104 valence electrons. The maximum absolute atomic E-state index is 5.78. The van der Waals surface area contributed by atoms with Crippen LogP contribution >= 0.6 is 12.2 Å². The van der Waals surface area contributed by atoms with Gasteiger partial charge in [-0.3, -0.25) is 4.98 Å². The van der Waals surface area contributed by atoms with Crippen molar-refractivity contribution in [3.8, 4) is 0 Å². The number of nitrogens with zero attached hydrogens (tertiary/aromatic N) is 1. The van der Waals surface area contributed by atoms with Crippen LogP contribution in [0.1, 0.15) is 29.3 Å². The molecule has 0 aliphatic carbocycles. The molecule has 0 amide bonds. The Balaban J connectivity index is 2.25. The van der Waals surface area contributed by atoms with Crippen molar-refractivity contribution in [3.63, 3.8) is 0 Å². The Kier molecular flexibility index (Phi) is 4.69. The molecule has 0 aliphatic heterocycles. The maximum atomic E-state index is 5.78. The summed E-state index contributed by atoms with van der Waals surface area (Å²) in [5, 5.41) is 3.42. The van der Waals surface area contributed by atoms with Crippen LogP contribution in [0.4, 0.5) is 5.69 Å². The molecule has 2 aromatic rings. The van der Waals surface area contributed by atoms with Gasteiger partial charge in [-0.05, 0) is 36.6 Å². The summed E-state index contributed by atoms with van der Waals surface area (Å²) in [5.74, 6) is 0. The van der Waals surface area contributed by atoms with Gasteiger partial charge in [-0.15, -0.1) is 0 Å². The number of nitrogens with one attached hydrogen (secondary N) is 1. The second-order valence-corrected chi connectivity index (χ2v) is 5.12. The Hall–Kier alpha value is -1.94. The van der Waals surface area contributed by atoms with Crippen LogP contribution in [0.25, 0.3) is 0 Å². The fraction of sp³-hybridized carbons (Fsp3) is 0.250. The number of aromatic nitrogens is 1. The van der Waals surface area contributed by atoms with Crippen LogP contribution < -0.4 is 11.1 Å². The van der Waals surface area contributed by atoms with Crippen LogP contribution in [-0.2, 0) is 13.0 Å². The average Bonchev–Trinajstić information content (AvgIpc) is 2.46. The van der Waals surface area contributed by atoms with Crippen LogP contribution in [0.5, 0.6) is 0 Å². The minimum absolute atomic E-state index is 0.410. The number of pyridine rings is 1. The van der Waals surface area contributed by atoms with Gasteiger partial charge in [0.05, 0.1) is 12.2 Å². The fourth-order valence-corrected chi connectivity index (χ4v) is 2.40. The first-order valence-corrected chi connectivity index (χ1v) is 7.10. The van der Waals surface area contributed by atoms with Crippen LogP contribution in [0.15, 0.2) is 36.5 Å². The Morgan fingerprint density at radius 2 is 2.10 bits per heavy atom. The third-order valence-electron chi connectivity index (χ3n) is 3.34. The molecule has 3 nitrogen and oxygen atoms in total. The normalized spacial score (nSPS) is 10.3. The minimum atomic E-state index is 0.410. The topological polar surface area (TPSA) is 50.9 Å². The van der Waals surface area contributed by atoms with Crippen molar-refractivity contribution in [2.24, 2.45) is 5.73 Å². The van der Waals surface area contributed by atoms with Crippen LogP contribution in [0.3, 0.4) is 0 Å². The van der Waals surface area contributed by atoms with E-state index >= 15 is 0 Å². The van der Waals surface area contributed by atoms with E-state index in [1.54, 1.807) is 0 Å². The van der Waals surface area contributed by atoms with Gasteiger partial charge < -0.3 is 11.1 Å². The van der Waals surface area contributed by atoms with E-state index in [0.29, 0.717) is 11.5 Å². The van der Waals surface area contributed by atoms with Crippen LogP contribution in [0, 0.1) is 6.92 Å². The SMILES string of the molecule is CCc1cccnc1CNc1c(C)cccc1C(N)=S. The largest absolute Gasteiger partial charge is 0.389 e. The lowest BCUT2D eigenvalue weighted by molar-refractivity contribution is 0.970. The predicted molar refractivity (Wildman–Crippen MR) is 88.0 cm³/mol. The second kappa shape index (κ2) is 6.48. The molecule has 1 aromatic heterocycles. The van der Waals surface area contributed by atoms with Crippen molar-refractivity contribution < 1.29 is 0 Å². The molecule has 1 aromatic carbocycles. The number of nitrogens with two attached hydrogens (primary N) is 1. The molecule has 0 saturated heterocycles. The predicted octanol–water partition coefficient (Wildman–Crippen LogP) is 3.20. The summed E-state index contributed by atoms with van der Waals surface area (Å²) in [4.78, 5) is 4.85. The van der Waals surface area contributed by atoms with Crippen molar-refractivity contribution in [1.82, 2.24) is 4.98 Å². The number of para-hydroxylation sites is 1. The number of thiocarbonyl (C=S) groups is 1. The third-order valence-corrected chi connectivity index (χ3v) is 3.56. The smallest absolute Gasteiger partial charge is 0.106 e. The standard InChI is InChI=1S/C16H19N3S/c1-3-12-7-5-9-18-14(12)10-19-15-11(2)6-4-8-13(15)16(17)20/h4-9,19H,3,10H2,1-2H3,(H2,17,20). The van der Waals surface area contributed by atoms with Crippen molar-refractivity contribution in [2.75, 3.05) is 5.32 Å². The van der Waals surface area contributed by atoms with Crippen molar-refractivity contribution in [1.29, 1.82) is 0 Å². The van der Waals surface area contributed by atoms with Crippen LogP contribution in [0.2, 0.25) is 0 Å². The lowest BCUT2D eigenvalue weighted by atomic mass is 10.1. The number of hydrogen-bond donors (Lipinski definition) is 2. The van der Waals surface area contributed by atoms with Gasteiger partial charge in [-0.2, -0.15) is 0 Å². The molecule has 0 fully saturated rings. The minimum Gasteiger partial charge on any atom is -0.389 e. The van der Waals surface area contributed by atoms with Gasteiger partial charge in [-0.25, -0.2) is 0 Å². The molecule has 2 rings (SSSR count). The molecule has 0 radical (unpaired) electrons. The zero-order chi connectivity index (χ0) is 14.5. The molecule has 0 saturated carbocycles. The highest BCUT2D eigenvalue weighted by Crippen LogP contribution is 2.21. The van der Waals surface area contributed by atoms with E-state index in [9.17, 15) is 0 Å². The number of benzene rings is 1. The van der Waals surface area contributed by atoms with E-state index in [1.165, 1.54) is 5.56 Å². The number of aryl methyl sites for hydroxylation is 2. The second-order valence-electron chi connectivity index (χ2n) is 4.68. The van der Waals surface area contributed by atoms with Crippen molar-refractivity contribution >= 4 is 22.9 Å². The average molecular weight is 285 g/mol. The van der Waals surface area contributed by atoms with E-state index in [2.05, 4.69) is 23.3 Å². The Labute approximate surface area is 125 Å². The summed E-state index contributed by atoms with van der Waals surface area (Å²) >= 11 is 5.11. The molecular weight excluding hydrogens is 266 g/mol. The van der Waals surface area contributed by atoms with Crippen LogP contribution in [-0.4, -0.2) is 9.97 Å². The third kappa shape index (κ3) is 3.14. The van der Waals surface area contributed by atoms with Gasteiger partial charge in [0.15, 0.2) is 0 Å². The summed E-state index contributed by atoms with van der Waals surface area (Å²) in [6.45, 7) is 4.85. The molecule has 0 spiro atoms. The lowest BCUT2D eigenvalue weighted by Crippen LogP contribution is -2.15. The zero-order valence-electron chi connectivity index (χ0n) is 11.8. The van der Waals surface area contributed by atoms with Gasteiger partial charge in [0, 0.05) is 17.4 Å².